The predicted molar refractivity (Wildman–Crippen MR) is 201 cm³/mol. The van der Waals surface area contributed by atoms with E-state index >= 15 is 0 Å². The summed E-state index contributed by atoms with van der Waals surface area (Å²) in [4.78, 5) is 34.7. The fourth-order valence-electron chi connectivity index (χ4n) is 5.63. The van der Waals surface area contributed by atoms with Crippen LogP contribution >= 0.6 is 7.82 Å². The molecule has 49 heavy (non-hydrogen) atoms. The van der Waals surface area contributed by atoms with Crippen LogP contribution in [0.4, 0.5) is 0 Å². The molecule has 0 amide bonds. The molecule has 0 saturated heterocycles. The van der Waals surface area contributed by atoms with Gasteiger partial charge in [-0.05, 0) is 38.5 Å². The molecular weight excluding hydrogens is 641 g/mol. The number of unbranched alkanes of at least 4 members (excludes halogenated alkanes) is 23. The Bertz CT molecular complexity index is 825. The summed E-state index contributed by atoms with van der Waals surface area (Å²) in [6, 6.07) is 0. The maximum atomic E-state index is 12.5. The summed E-state index contributed by atoms with van der Waals surface area (Å²) in [6.07, 6.45) is 35.2. The lowest BCUT2D eigenvalue weighted by Gasteiger charge is -2.19. The van der Waals surface area contributed by atoms with Crippen LogP contribution in [0.1, 0.15) is 194 Å². The monoisotopic (exact) mass is 718 g/mol. The Labute approximate surface area is 300 Å². The molecule has 0 aliphatic heterocycles. The minimum atomic E-state index is -4.37. The highest BCUT2D eigenvalue weighted by Gasteiger charge is 2.26. The first-order valence-corrected chi connectivity index (χ1v) is 21.7. The molecule has 0 spiro atoms. The lowest BCUT2D eigenvalue weighted by molar-refractivity contribution is -0.161. The average Bonchev–Trinajstić information content (AvgIpc) is 3.08. The summed E-state index contributed by atoms with van der Waals surface area (Å²) in [7, 11) is -4.37. The first-order chi connectivity index (χ1) is 23.8. The molecule has 10 heteroatoms. The maximum absolute atomic E-state index is 12.5. The zero-order valence-corrected chi connectivity index (χ0v) is 32.6. The van der Waals surface area contributed by atoms with Crippen LogP contribution in [0.3, 0.4) is 0 Å². The van der Waals surface area contributed by atoms with Crippen molar-refractivity contribution in [3.63, 3.8) is 0 Å². The van der Waals surface area contributed by atoms with Gasteiger partial charge in [-0.1, -0.05) is 154 Å². The van der Waals surface area contributed by atoms with Crippen molar-refractivity contribution >= 4 is 19.8 Å². The summed E-state index contributed by atoms with van der Waals surface area (Å²) >= 11 is 0. The van der Waals surface area contributed by atoms with Gasteiger partial charge >= 0.3 is 19.8 Å². The van der Waals surface area contributed by atoms with Crippen LogP contribution in [0.5, 0.6) is 0 Å². The average molecular weight is 718 g/mol. The van der Waals surface area contributed by atoms with Gasteiger partial charge in [0.15, 0.2) is 6.10 Å². The number of carbonyl (C=O) groups excluding carboxylic acids is 2. The largest absolute Gasteiger partial charge is 0.472 e. The van der Waals surface area contributed by atoms with E-state index in [0.29, 0.717) is 6.42 Å². The Hall–Kier alpha value is -1.25. The molecule has 1 unspecified atom stereocenters. The summed E-state index contributed by atoms with van der Waals surface area (Å²) in [5, 5.41) is 0. The van der Waals surface area contributed by atoms with E-state index in [9.17, 15) is 19.0 Å². The second-order valence-corrected chi connectivity index (χ2v) is 15.0. The fraction of sp³-hybridized carbons (Fsp3) is 0.897. The van der Waals surface area contributed by atoms with Crippen molar-refractivity contribution in [2.75, 3.05) is 26.4 Å². The van der Waals surface area contributed by atoms with Crippen molar-refractivity contribution in [2.24, 2.45) is 5.73 Å². The number of esters is 2. The van der Waals surface area contributed by atoms with Crippen molar-refractivity contribution in [1.82, 2.24) is 0 Å². The highest BCUT2D eigenvalue weighted by Crippen LogP contribution is 2.43. The Morgan fingerprint density at radius 1 is 0.592 bits per heavy atom. The van der Waals surface area contributed by atoms with Crippen LogP contribution in [0, 0.1) is 0 Å². The van der Waals surface area contributed by atoms with Gasteiger partial charge in [-0.15, -0.1) is 0 Å². The number of phosphoric acid groups is 1. The Morgan fingerprint density at radius 2 is 1.00 bits per heavy atom. The number of carbonyl (C=O) groups is 2. The van der Waals surface area contributed by atoms with E-state index in [4.69, 9.17) is 24.3 Å². The van der Waals surface area contributed by atoms with E-state index in [1.54, 1.807) is 0 Å². The molecule has 2 atom stereocenters. The number of allylic oxidation sites excluding steroid dienone is 2. The van der Waals surface area contributed by atoms with Gasteiger partial charge in [0, 0.05) is 19.4 Å². The highest BCUT2D eigenvalue weighted by atomic mass is 31.2. The molecule has 0 bridgehead atoms. The Morgan fingerprint density at radius 3 is 1.47 bits per heavy atom. The number of nitrogens with two attached hydrogens (primary N) is 1. The van der Waals surface area contributed by atoms with Gasteiger partial charge in [-0.3, -0.25) is 18.6 Å². The first-order valence-electron chi connectivity index (χ1n) is 20.2. The molecule has 290 valence electrons. The van der Waals surface area contributed by atoms with Gasteiger partial charge in [0.2, 0.25) is 0 Å². The third kappa shape index (κ3) is 36.3. The van der Waals surface area contributed by atoms with Crippen molar-refractivity contribution < 1.29 is 37.6 Å². The molecule has 0 fully saturated rings. The molecule has 0 aliphatic rings. The summed E-state index contributed by atoms with van der Waals surface area (Å²) in [6.45, 7) is 3.72. The normalized spacial score (nSPS) is 13.5. The first kappa shape index (κ1) is 47.8. The molecule has 0 aliphatic carbocycles. The molecule has 0 radical (unpaired) electrons. The van der Waals surface area contributed by atoms with Crippen LogP contribution in [-0.4, -0.2) is 49.3 Å². The molecule has 0 saturated carbocycles. The number of hydrogen-bond donors (Lipinski definition) is 2. The fourth-order valence-corrected chi connectivity index (χ4v) is 6.39. The second kappa shape index (κ2) is 36.5. The van der Waals surface area contributed by atoms with E-state index in [1.807, 2.05) is 0 Å². The Balaban J connectivity index is 4.18. The Kier molecular flexibility index (Phi) is 35.6. The van der Waals surface area contributed by atoms with Crippen molar-refractivity contribution in [3.8, 4) is 0 Å². The molecule has 0 aromatic carbocycles. The third-order valence-corrected chi connectivity index (χ3v) is 9.64. The lowest BCUT2D eigenvalue weighted by Crippen LogP contribution is -2.29. The van der Waals surface area contributed by atoms with Crippen LogP contribution in [0.2, 0.25) is 0 Å². The summed E-state index contributed by atoms with van der Waals surface area (Å²) < 4.78 is 32.7. The number of rotatable bonds is 38. The number of hydrogen-bond acceptors (Lipinski definition) is 8. The second-order valence-electron chi connectivity index (χ2n) is 13.5. The van der Waals surface area contributed by atoms with Crippen molar-refractivity contribution in [1.29, 1.82) is 0 Å². The zero-order chi connectivity index (χ0) is 36.1. The molecule has 0 aromatic rings. The maximum Gasteiger partial charge on any atom is 0.472 e. The van der Waals surface area contributed by atoms with Crippen LogP contribution < -0.4 is 5.73 Å². The molecule has 0 aromatic heterocycles. The molecule has 3 N–H and O–H groups in total. The molecule has 0 heterocycles. The van der Waals surface area contributed by atoms with Gasteiger partial charge in [0.1, 0.15) is 6.61 Å². The van der Waals surface area contributed by atoms with Gasteiger partial charge in [0.05, 0.1) is 13.2 Å². The minimum absolute atomic E-state index is 0.0550. The SMILES string of the molecule is CCCCCC/C=C/CCCCCCCC(=O)OC[C@H](COP(=O)(O)OCCN)OC(=O)CCCCCCCCCCCCCCCCC. The topological polar surface area (TPSA) is 134 Å². The summed E-state index contributed by atoms with van der Waals surface area (Å²) in [5.74, 6) is -0.831. The van der Waals surface area contributed by atoms with Gasteiger partial charge in [-0.25, -0.2) is 4.57 Å². The van der Waals surface area contributed by atoms with Crippen molar-refractivity contribution in [3.05, 3.63) is 12.2 Å². The molecule has 0 rings (SSSR count). The molecular formula is C39H76NO8P. The van der Waals surface area contributed by atoms with Crippen LogP contribution in [0.25, 0.3) is 0 Å². The van der Waals surface area contributed by atoms with E-state index in [1.165, 1.54) is 109 Å². The van der Waals surface area contributed by atoms with E-state index < -0.39 is 26.5 Å². The quantitative estimate of drug-likeness (QED) is 0.0277. The van der Waals surface area contributed by atoms with Gasteiger partial charge < -0.3 is 20.1 Å². The van der Waals surface area contributed by atoms with E-state index in [0.717, 1.165) is 51.4 Å². The van der Waals surface area contributed by atoms with E-state index in [-0.39, 0.29) is 38.6 Å². The molecule has 9 nitrogen and oxygen atoms in total. The van der Waals surface area contributed by atoms with E-state index in [2.05, 4.69) is 26.0 Å². The zero-order valence-electron chi connectivity index (χ0n) is 31.7. The number of ether oxygens (including phenoxy) is 2. The van der Waals surface area contributed by atoms with Crippen LogP contribution in [-0.2, 0) is 32.7 Å². The van der Waals surface area contributed by atoms with Gasteiger partial charge in [0.25, 0.3) is 0 Å². The third-order valence-electron chi connectivity index (χ3n) is 8.65. The van der Waals surface area contributed by atoms with Crippen molar-refractivity contribution in [2.45, 2.75) is 200 Å². The predicted octanol–water partition coefficient (Wildman–Crippen LogP) is 11.1. The van der Waals surface area contributed by atoms with Gasteiger partial charge in [-0.2, -0.15) is 0 Å². The lowest BCUT2D eigenvalue weighted by atomic mass is 10.0. The number of phosphoric ester groups is 1. The van der Waals surface area contributed by atoms with Crippen LogP contribution in [0.15, 0.2) is 12.2 Å². The summed E-state index contributed by atoms with van der Waals surface area (Å²) in [5.41, 5.74) is 5.33. The standard InChI is InChI=1S/C39H76NO8P/c1-3-5-7-9-11-13-15-17-18-20-22-24-26-28-30-32-39(42)48-37(36-47-49(43,44)46-34-33-40)35-45-38(41)31-29-27-25-23-21-19-16-14-12-10-8-6-4-2/h14,16,37H,3-13,15,17-36,40H2,1-2H3,(H,43,44)/b16-14+/t37-/m1/s1. The smallest absolute Gasteiger partial charge is 0.462 e. The highest BCUT2D eigenvalue weighted by molar-refractivity contribution is 7.47. The minimum Gasteiger partial charge on any atom is -0.462 e.